The van der Waals surface area contributed by atoms with Crippen LogP contribution in [0.2, 0.25) is 0 Å². The first kappa shape index (κ1) is 31.9. The van der Waals surface area contributed by atoms with E-state index in [4.69, 9.17) is 14.9 Å². The fraction of sp³-hybridized carbons (Fsp3) is 0.857. The summed E-state index contributed by atoms with van der Waals surface area (Å²) in [4.78, 5) is 44.2. The van der Waals surface area contributed by atoms with Crippen molar-refractivity contribution in [2.24, 2.45) is 47.3 Å². The summed E-state index contributed by atoms with van der Waals surface area (Å²) >= 11 is 0. The van der Waals surface area contributed by atoms with Gasteiger partial charge in [0, 0.05) is 0 Å². The maximum atomic E-state index is 11.6. The highest BCUT2D eigenvalue weighted by atomic mass is 16.5. The maximum absolute atomic E-state index is 11.6. The van der Waals surface area contributed by atoms with Gasteiger partial charge in [0.25, 0.3) is 0 Å². The number of rotatable bonds is 10. The van der Waals surface area contributed by atoms with Gasteiger partial charge >= 0.3 is 23.9 Å². The van der Waals surface area contributed by atoms with E-state index < -0.39 is 23.8 Å². The normalized spacial score (nSPS) is 29.1. The van der Waals surface area contributed by atoms with Crippen molar-refractivity contribution in [3.63, 3.8) is 0 Å². The lowest BCUT2D eigenvalue weighted by Crippen LogP contribution is -2.37. The first-order valence-electron chi connectivity index (χ1n) is 13.6. The van der Waals surface area contributed by atoms with Crippen LogP contribution in [-0.2, 0) is 23.9 Å². The van der Waals surface area contributed by atoms with Gasteiger partial charge in [-0.3, -0.25) is 19.2 Å². The Morgan fingerprint density at radius 2 is 1.25 bits per heavy atom. The number of ether oxygens (including phenoxy) is 1. The van der Waals surface area contributed by atoms with Gasteiger partial charge in [0.2, 0.25) is 0 Å². The third kappa shape index (κ3) is 10.9. The number of carbonyl (C=O) groups excluding carboxylic acids is 1. The Bertz CT molecular complexity index is 729. The summed E-state index contributed by atoms with van der Waals surface area (Å²) in [6, 6.07) is 0. The summed E-state index contributed by atoms with van der Waals surface area (Å²) in [6.07, 6.45) is 5.71. The SMILES string of the molecule is CC1CCC(C(C)C)C(C(CC(=O)O)C(=O)O)C1.CC1CCC(C(C)C)C(OC(=O)CCC(=O)O)C1. The molecule has 7 unspecified atom stereocenters. The largest absolute Gasteiger partial charge is 0.481 e. The number of esters is 1. The van der Waals surface area contributed by atoms with Crippen LogP contribution in [0.4, 0.5) is 0 Å². The van der Waals surface area contributed by atoms with Gasteiger partial charge in [0.15, 0.2) is 0 Å². The highest BCUT2D eigenvalue weighted by Crippen LogP contribution is 2.43. The van der Waals surface area contributed by atoms with Gasteiger partial charge in [-0.25, -0.2) is 0 Å². The quantitative estimate of drug-likeness (QED) is 0.316. The molecule has 0 spiro atoms. The molecule has 36 heavy (non-hydrogen) atoms. The zero-order valence-electron chi connectivity index (χ0n) is 22.9. The molecule has 8 heteroatoms. The van der Waals surface area contributed by atoms with Crippen molar-refractivity contribution >= 4 is 23.9 Å². The molecule has 8 nitrogen and oxygen atoms in total. The Balaban J connectivity index is 0.000000360. The minimum atomic E-state index is -1.01. The second kappa shape index (κ2) is 15.2. The summed E-state index contributed by atoms with van der Waals surface area (Å²) < 4.78 is 5.48. The first-order valence-corrected chi connectivity index (χ1v) is 13.6. The molecule has 2 aliphatic rings. The van der Waals surface area contributed by atoms with E-state index in [1.807, 2.05) is 0 Å². The lowest BCUT2D eigenvalue weighted by molar-refractivity contribution is -0.158. The van der Waals surface area contributed by atoms with Crippen LogP contribution in [0.5, 0.6) is 0 Å². The van der Waals surface area contributed by atoms with Gasteiger partial charge in [0.05, 0.1) is 25.2 Å². The van der Waals surface area contributed by atoms with E-state index in [-0.39, 0.29) is 37.3 Å². The van der Waals surface area contributed by atoms with Crippen LogP contribution in [0.25, 0.3) is 0 Å². The molecule has 2 aliphatic carbocycles. The van der Waals surface area contributed by atoms with Crippen LogP contribution in [-0.4, -0.2) is 45.3 Å². The van der Waals surface area contributed by atoms with Crippen LogP contribution >= 0.6 is 0 Å². The average Bonchev–Trinajstić information content (AvgIpc) is 2.75. The Morgan fingerprint density at radius 1 is 0.722 bits per heavy atom. The molecule has 0 bridgehead atoms. The van der Waals surface area contributed by atoms with Crippen LogP contribution in [0.15, 0.2) is 0 Å². The molecule has 2 fully saturated rings. The van der Waals surface area contributed by atoms with Gasteiger partial charge in [-0.05, 0) is 67.1 Å². The van der Waals surface area contributed by atoms with E-state index in [1.165, 1.54) is 6.42 Å². The third-order valence-electron chi connectivity index (χ3n) is 8.09. The van der Waals surface area contributed by atoms with E-state index in [0.717, 1.165) is 32.1 Å². The highest BCUT2D eigenvalue weighted by molar-refractivity contribution is 5.78. The van der Waals surface area contributed by atoms with E-state index in [9.17, 15) is 24.3 Å². The Morgan fingerprint density at radius 3 is 1.72 bits per heavy atom. The van der Waals surface area contributed by atoms with E-state index in [0.29, 0.717) is 35.5 Å². The molecule has 0 radical (unpaired) electrons. The topological polar surface area (TPSA) is 138 Å². The number of carbonyl (C=O) groups is 4. The Hall–Kier alpha value is -2.12. The Kier molecular flexibility index (Phi) is 13.5. The maximum Gasteiger partial charge on any atom is 0.307 e. The van der Waals surface area contributed by atoms with Crippen molar-refractivity contribution in [1.82, 2.24) is 0 Å². The fourth-order valence-corrected chi connectivity index (χ4v) is 6.04. The van der Waals surface area contributed by atoms with Crippen molar-refractivity contribution in [2.45, 2.75) is 105 Å². The minimum Gasteiger partial charge on any atom is -0.481 e. The van der Waals surface area contributed by atoms with Crippen LogP contribution in [0, 0.1) is 47.3 Å². The Labute approximate surface area is 216 Å². The zero-order chi connectivity index (χ0) is 27.6. The number of carboxylic acid groups (broad SMARTS) is 3. The molecule has 0 heterocycles. The number of hydrogen-bond donors (Lipinski definition) is 3. The van der Waals surface area contributed by atoms with Gasteiger partial charge in [-0.15, -0.1) is 0 Å². The minimum absolute atomic E-state index is 0.00218. The molecule has 0 aliphatic heterocycles. The molecule has 0 aromatic rings. The summed E-state index contributed by atoms with van der Waals surface area (Å²) in [6.45, 7) is 12.8. The summed E-state index contributed by atoms with van der Waals surface area (Å²) in [5.41, 5.74) is 0. The fourth-order valence-electron chi connectivity index (χ4n) is 6.04. The van der Waals surface area contributed by atoms with E-state index >= 15 is 0 Å². The second-order valence-electron chi connectivity index (χ2n) is 11.8. The average molecular weight is 513 g/mol. The molecule has 7 atom stereocenters. The third-order valence-corrected chi connectivity index (χ3v) is 8.09. The summed E-state index contributed by atoms with van der Waals surface area (Å²) in [7, 11) is 0. The van der Waals surface area contributed by atoms with Crippen LogP contribution in [0.1, 0.15) is 99.3 Å². The van der Waals surface area contributed by atoms with Gasteiger partial charge in [-0.1, -0.05) is 54.4 Å². The molecule has 208 valence electrons. The van der Waals surface area contributed by atoms with Gasteiger partial charge in [0.1, 0.15) is 6.10 Å². The monoisotopic (exact) mass is 512 g/mol. The molecule has 3 N–H and O–H groups in total. The summed E-state index contributed by atoms with van der Waals surface area (Å²) in [5, 5.41) is 26.7. The lowest BCUT2D eigenvalue weighted by Gasteiger charge is -2.40. The molecular weight excluding hydrogens is 464 g/mol. The molecule has 0 aromatic carbocycles. The predicted octanol–water partition coefficient (Wildman–Crippen LogP) is 5.73. The predicted molar refractivity (Wildman–Crippen MR) is 136 cm³/mol. The molecular formula is C28H48O8. The van der Waals surface area contributed by atoms with Crippen LogP contribution < -0.4 is 0 Å². The van der Waals surface area contributed by atoms with Crippen molar-refractivity contribution in [1.29, 1.82) is 0 Å². The van der Waals surface area contributed by atoms with E-state index in [1.54, 1.807) is 0 Å². The lowest BCUT2D eigenvalue weighted by atomic mass is 9.65. The van der Waals surface area contributed by atoms with Crippen molar-refractivity contribution in [3.05, 3.63) is 0 Å². The number of hydrogen-bond acceptors (Lipinski definition) is 5. The molecule has 0 amide bonds. The second-order valence-corrected chi connectivity index (χ2v) is 11.8. The molecule has 0 aromatic heterocycles. The number of carboxylic acids is 3. The zero-order valence-corrected chi connectivity index (χ0v) is 22.9. The van der Waals surface area contributed by atoms with Crippen molar-refractivity contribution in [3.8, 4) is 0 Å². The highest BCUT2D eigenvalue weighted by Gasteiger charge is 2.40. The van der Waals surface area contributed by atoms with Gasteiger partial charge < -0.3 is 20.1 Å². The van der Waals surface area contributed by atoms with E-state index in [2.05, 4.69) is 41.5 Å². The molecule has 0 saturated heterocycles. The van der Waals surface area contributed by atoms with Gasteiger partial charge in [-0.2, -0.15) is 0 Å². The van der Waals surface area contributed by atoms with Crippen molar-refractivity contribution in [2.75, 3.05) is 0 Å². The van der Waals surface area contributed by atoms with Crippen molar-refractivity contribution < 1.29 is 39.2 Å². The van der Waals surface area contributed by atoms with Crippen LogP contribution in [0.3, 0.4) is 0 Å². The number of aliphatic carboxylic acids is 3. The standard InChI is InChI=1S/2C14H24O4/c1-8(2)10-5-4-9(3)6-11(10)12(14(17)18)7-13(15)16;1-9(2)11-5-4-10(3)8-12(11)18-14(17)7-6-13(15)16/h8-12H,4-7H2,1-3H3,(H,15,16)(H,17,18);9-12H,4-8H2,1-3H3,(H,15,16). The smallest absolute Gasteiger partial charge is 0.307 e. The summed E-state index contributed by atoms with van der Waals surface area (Å²) in [5.74, 6) is -1.29. The first-order chi connectivity index (χ1) is 16.7. The molecule has 2 saturated carbocycles. The molecule has 2 rings (SSSR count).